The lowest BCUT2D eigenvalue weighted by Gasteiger charge is -2.16. The standard InChI is InChI=1S/C22H22N6O5/c1-11-3-4-13(20(29)26-17-7-8-33-27-17)9-16(11)25-19(23)18-12(2)15(10-24-18)21(30)28(22(31)32)14-5-6-14/h3-4,7-10,14,24H,5-6H2,1-2H3,(H2,23,25)(H,31,32)(H,26,27,29). The van der Waals surface area contributed by atoms with Crippen molar-refractivity contribution in [2.24, 2.45) is 0 Å². The van der Waals surface area contributed by atoms with E-state index in [9.17, 15) is 19.5 Å². The normalized spacial score (nSPS) is 12.8. The lowest BCUT2D eigenvalue weighted by atomic mass is 10.1. The number of nitrogens with zero attached hydrogens (tertiary/aromatic N) is 2. The molecule has 5 N–H and O–H groups in total. The van der Waals surface area contributed by atoms with Gasteiger partial charge in [-0.05, 0) is 49.9 Å². The zero-order valence-electron chi connectivity index (χ0n) is 17.9. The quantitative estimate of drug-likeness (QED) is 0.283. The van der Waals surface area contributed by atoms with Crippen LogP contribution in [0.1, 0.15) is 50.4 Å². The van der Waals surface area contributed by atoms with Gasteiger partial charge in [-0.25, -0.2) is 9.69 Å². The highest BCUT2D eigenvalue weighted by Gasteiger charge is 2.38. The second kappa shape index (κ2) is 8.61. The minimum absolute atomic E-state index is 0.0305. The SMILES string of the molecule is Cc1ccc(C(=O)Nc2ccon2)cc1NC(=N)c1[nH]cc(C(=O)N(C(=O)O)C2CC2)c1C. The summed E-state index contributed by atoms with van der Waals surface area (Å²) in [6.45, 7) is 3.47. The number of aromatic amines is 1. The van der Waals surface area contributed by atoms with E-state index in [0.717, 1.165) is 10.5 Å². The van der Waals surface area contributed by atoms with Gasteiger partial charge in [0.2, 0.25) is 0 Å². The van der Waals surface area contributed by atoms with Gasteiger partial charge in [-0.1, -0.05) is 11.2 Å². The lowest BCUT2D eigenvalue weighted by molar-refractivity contribution is 0.0729. The first kappa shape index (κ1) is 21.8. The van der Waals surface area contributed by atoms with Gasteiger partial charge in [0.1, 0.15) is 12.1 Å². The summed E-state index contributed by atoms with van der Waals surface area (Å²) < 4.78 is 4.70. The molecule has 0 atom stereocenters. The molecule has 0 aliphatic heterocycles. The molecule has 1 aliphatic carbocycles. The third-order valence-electron chi connectivity index (χ3n) is 5.40. The molecule has 2 aromatic heterocycles. The van der Waals surface area contributed by atoms with Crippen LogP contribution in [0.5, 0.6) is 0 Å². The van der Waals surface area contributed by atoms with Crippen molar-refractivity contribution in [1.29, 1.82) is 5.41 Å². The molecule has 3 aromatic rings. The number of nitrogens with one attached hydrogen (secondary N) is 4. The maximum Gasteiger partial charge on any atom is 0.414 e. The number of aryl methyl sites for hydroxylation is 1. The van der Waals surface area contributed by atoms with E-state index in [1.54, 1.807) is 25.1 Å². The third-order valence-corrected chi connectivity index (χ3v) is 5.40. The van der Waals surface area contributed by atoms with Crippen molar-refractivity contribution in [3.63, 3.8) is 0 Å². The number of carbonyl (C=O) groups excluding carboxylic acids is 2. The van der Waals surface area contributed by atoms with E-state index in [-0.39, 0.29) is 23.3 Å². The van der Waals surface area contributed by atoms with E-state index in [1.165, 1.54) is 18.5 Å². The Hall–Kier alpha value is -4.41. The van der Waals surface area contributed by atoms with Gasteiger partial charge in [0.15, 0.2) is 5.82 Å². The maximum atomic E-state index is 12.8. The number of H-pyrrole nitrogens is 1. The van der Waals surface area contributed by atoms with E-state index in [2.05, 4.69) is 20.8 Å². The van der Waals surface area contributed by atoms with Crippen molar-refractivity contribution < 1.29 is 24.0 Å². The summed E-state index contributed by atoms with van der Waals surface area (Å²) in [4.78, 5) is 40.5. The van der Waals surface area contributed by atoms with E-state index < -0.39 is 17.9 Å². The number of carbonyl (C=O) groups is 3. The number of aromatic nitrogens is 2. The fourth-order valence-corrected chi connectivity index (χ4v) is 3.41. The first-order valence-electron chi connectivity index (χ1n) is 10.2. The van der Waals surface area contributed by atoms with Gasteiger partial charge < -0.3 is 25.2 Å². The van der Waals surface area contributed by atoms with Crippen LogP contribution in [0.3, 0.4) is 0 Å². The molecule has 11 heteroatoms. The molecule has 0 bridgehead atoms. The van der Waals surface area contributed by atoms with Crippen LogP contribution in [0.2, 0.25) is 0 Å². The van der Waals surface area contributed by atoms with Crippen molar-refractivity contribution in [2.75, 3.05) is 10.6 Å². The fourth-order valence-electron chi connectivity index (χ4n) is 3.41. The molecule has 1 fully saturated rings. The summed E-state index contributed by atoms with van der Waals surface area (Å²) in [5.74, 6) is -0.752. The number of benzene rings is 1. The molecule has 170 valence electrons. The molecule has 11 nitrogen and oxygen atoms in total. The second-order valence-electron chi connectivity index (χ2n) is 7.76. The van der Waals surface area contributed by atoms with Crippen LogP contribution < -0.4 is 10.6 Å². The van der Waals surface area contributed by atoms with Crippen LogP contribution in [-0.4, -0.2) is 49.9 Å². The summed E-state index contributed by atoms with van der Waals surface area (Å²) in [6, 6.07) is 6.21. The number of anilines is 2. The van der Waals surface area contributed by atoms with Crippen molar-refractivity contribution in [3.8, 4) is 0 Å². The Morgan fingerprint density at radius 1 is 1.21 bits per heavy atom. The molecule has 1 aliphatic rings. The topological polar surface area (TPSA) is 164 Å². The van der Waals surface area contributed by atoms with Gasteiger partial charge in [-0.2, -0.15) is 0 Å². The fraction of sp³-hybridized carbons (Fsp3) is 0.227. The Bertz CT molecular complexity index is 1240. The van der Waals surface area contributed by atoms with Gasteiger partial charge in [-0.3, -0.25) is 15.0 Å². The predicted molar refractivity (Wildman–Crippen MR) is 119 cm³/mol. The van der Waals surface area contributed by atoms with Gasteiger partial charge in [0.05, 0.1) is 11.3 Å². The molecular weight excluding hydrogens is 428 g/mol. The van der Waals surface area contributed by atoms with E-state index >= 15 is 0 Å². The molecule has 0 saturated heterocycles. The van der Waals surface area contributed by atoms with Crippen LogP contribution >= 0.6 is 0 Å². The maximum absolute atomic E-state index is 12.8. The summed E-state index contributed by atoms with van der Waals surface area (Å²) in [5.41, 5.74) is 2.67. The highest BCUT2D eigenvalue weighted by molar-refractivity contribution is 6.11. The summed E-state index contributed by atoms with van der Waals surface area (Å²) in [7, 11) is 0. The van der Waals surface area contributed by atoms with Crippen molar-refractivity contribution >= 4 is 35.2 Å². The number of amides is 3. The average Bonchev–Trinajstić information content (AvgIpc) is 3.30. The smallest absolute Gasteiger partial charge is 0.414 e. The predicted octanol–water partition coefficient (Wildman–Crippen LogP) is 3.59. The van der Waals surface area contributed by atoms with Crippen LogP contribution in [0.25, 0.3) is 0 Å². The highest BCUT2D eigenvalue weighted by atomic mass is 16.5. The summed E-state index contributed by atoms with van der Waals surface area (Å²) in [5, 5.41) is 27.1. The monoisotopic (exact) mass is 450 g/mol. The molecule has 0 radical (unpaired) electrons. The number of carboxylic acid groups (broad SMARTS) is 1. The van der Waals surface area contributed by atoms with E-state index in [1.807, 2.05) is 6.92 Å². The molecular formula is C22H22N6O5. The average molecular weight is 450 g/mol. The Labute approximate surface area is 188 Å². The minimum Gasteiger partial charge on any atom is -0.465 e. The van der Waals surface area contributed by atoms with Crippen LogP contribution in [0.15, 0.2) is 41.2 Å². The third kappa shape index (κ3) is 4.47. The van der Waals surface area contributed by atoms with Gasteiger partial charge in [-0.15, -0.1) is 0 Å². The Morgan fingerprint density at radius 3 is 2.61 bits per heavy atom. The summed E-state index contributed by atoms with van der Waals surface area (Å²) >= 11 is 0. The molecule has 4 rings (SSSR count). The van der Waals surface area contributed by atoms with Gasteiger partial charge in [0, 0.05) is 29.6 Å². The van der Waals surface area contributed by atoms with Crippen LogP contribution in [0.4, 0.5) is 16.3 Å². The minimum atomic E-state index is -1.28. The van der Waals surface area contributed by atoms with Gasteiger partial charge >= 0.3 is 6.09 Å². The van der Waals surface area contributed by atoms with Crippen LogP contribution in [-0.2, 0) is 0 Å². The molecule has 0 spiro atoms. The Kier molecular flexibility index (Phi) is 5.69. The molecule has 1 saturated carbocycles. The molecule has 2 heterocycles. The highest BCUT2D eigenvalue weighted by Crippen LogP contribution is 2.29. The summed E-state index contributed by atoms with van der Waals surface area (Å²) in [6.07, 6.45) is 2.79. The van der Waals surface area contributed by atoms with E-state index in [0.29, 0.717) is 35.3 Å². The Morgan fingerprint density at radius 2 is 1.97 bits per heavy atom. The van der Waals surface area contributed by atoms with E-state index in [4.69, 9.17) is 9.93 Å². The van der Waals surface area contributed by atoms with Crippen molar-refractivity contribution in [3.05, 3.63) is 64.7 Å². The Balaban J connectivity index is 1.52. The molecule has 0 unspecified atom stereocenters. The second-order valence-corrected chi connectivity index (χ2v) is 7.76. The number of imide groups is 1. The van der Waals surface area contributed by atoms with Crippen molar-refractivity contribution in [2.45, 2.75) is 32.7 Å². The lowest BCUT2D eigenvalue weighted by Crippen LogP contribution is -2.37. The first-order valence-corrected chi connectivity index (χ1v) is 10.2. The number of amidine groups is 1. The number of hydrogen-bond acceptors (Lipinski definition) is 6. The molecule has 33 heavy (non-hydrogen) atoms. The number of hydrogen-bond donors (Lipinski definition) is 5. The number of rotatable bonds is 6. The van der Waals surface area contributed by atoms with Crippen LogP contribution in [0, 0.1) is 19.3 Å². The van der Waals surface area contributed by atoms with Gasteiger partial charge in [0.25, 0.3) is 11.8 Å². The zero-order chi connectivity index (χ0) is 23.7. The molecule has 3 amide bonds. The molecule has 1 aromatic carbocycles. The van der Waals surface area contributed by atoms with Crippen molar-refractivity contribution in [1.82, 2.24) is 15.0 Å². The largest absolute Gasteiger partial charge is 0.465 e. The first-order chi connectivity index (χ1) is 15.8. The zero-order valence-corrected chi connectivity index (χ0v) is 17.9.